The van der Waals surface area contributed by atoms with Crippen LogP contribution in [0.4, 0.5) is 0 Å². The lowest BCUT2D eigenvalue weighted by molar-refractivity contribution is 0.200. The second kappa shape index (κ2) is 3.58. The molecule has 1 aliphatic heterocycles. The van der Waals surface area contributed by atoms with E-state index in [0.29, 0.717) is 11.6 Å². The number of nitrogens with one attached hydrogen (secondary N) is 1. The Balaban J connectivity index is 1.78. The minimum Gasteiger partial charge on any atom is -0.372 e. The van der Waals surface area contributed by atoms with E-state index in [0.717, 1.165) is 19.1 Å². The first-order chi connectivity index (χ1) is 6.18. The quantitative estimate of drug-likeness (QED) is 0.676. The molecule has 3 unspecified atom stereocenters. The Morgan fingerprint density at radius 1 is 1.54 bits per heavy atom. The van der Waals surface area contributed by atoms with E-state index in [4.69, 9.17) is 4.74 Å². The van der Waals surface area contributed by atoms with Crippen LogP contribution in [0.15, 0.2) is 0 Å². The summed E-state index contributed by atoms with van der Waals surface area (Å²) < 4.78 is 5.21. The minimum absolute atomic E-state index is 0.392. The highest BCUT2D eigenvalue weighted by molar-refractivity contribution is 4.90. The van der Waals surface area contributed by atoms with Crippen LogP contribution in [-0.2, 0) is 4.74 Å². The van der Waals surface area contributed by atoms with Crippen LogP contribution in [0.25, 0.3) is 0 Å². The zero-order valence-corrected chi connectivity index (χ0v) is 8.81. The van der Waals surface area contributed by atoms with E-state index in [-0.39, 0.29) is 0 Å². The van der Waals surface area contributed by atoms with Crippen molar-refractivity contribution < 1.29 is 4.74 Å². The third-order valence-electron chi connectivity index (χ3n) is 3.38. The lowest BCUT2D eigenvalue weighted by Gasteiger charge is -2.38. The molecule has 2 rings (SSSR count). The lowest BCUT2D eigenvalue weighted by Crippen LogP contribution is -2.47. The molecule has 0 aromatic carbocycles. The van der Waals surface area contributed by atoms with Gasteiger partial charge in [-0.1, -0.05) is 19.8 Å². The Bertz CT molecular complexity index is 179. The summed E-state index contributed by atoms with van der Waals surface area (Å²) in [5, 5.41) is 3.67. The molecule has 0 aromatic heterocycles. The maximum absolute atomic E-state index is 5.21. The Kier molecular flexibility index (Phi) is 2.61. The molecule has 0 aromatic rings. The van der Waals surface area contributed by atoms with Crippen LogP contribution >= 0.6 is 0 Å². The average Bonchev–Trinajstić information content (AvgIpc) is 2.83. The van der Waals surface area contributed by atoms with Crippen molar-refractivity contribution in [2.24, 2.45) is 5.92 Å². The SMILES string of the molecule is CC1CCCC(C)(NCC2CO2)C1. The molecule has 3 atom stereocenters. The van der Waals surface area contributed by atoms with Crippen LogP contribution in [0.2, 0.25) is 0 Å². The van der Waals surface area contributed by atoms with Gasteiger partial charge in [-0.3, -0.25) is 0 Å². The summed E-state index contributed by atoms with van der Waals surface area (Å²) in [4.78, 5) is 0. The predicted octanol–water partition coefficient (Wildman–Crippen LogP) is 1.94. The van der Waals surface area contributed by atoms with E-state index in [1.165, 1.54) is 25.7 Å². The van der Waals surface area contributed by atoms with Gasteiger partial charge in [0.15, 0.2) is 0 Å². The van der Waals surface area contributed by atoms with E-state index in [1.807, 2.05) is 0 Å². The Morgan fingerprint density at radius 3 is 2.92 bits per heavy atom. The Labute approximate surface area is 81.0 Å². The maximum atomic E-state index is 5.21. The molecule has 0 bridgehead atoms. The van der Waals surface area contributed by atoms with Crippen molar-refractivity contribution in [2.75, 3.05) is 13.2 Å². The molecule has 0 spiro atoms. The fourth-order valence-corrected chi connectivity index (χ4v) is 2.52. The van der Waals surface area contributed by atoms with Crippen molar-refractivity contribution in [3.8, 4) is 0 Å². The van der Waals surface area contributed by atoms with Crippen molar-refractivity contribution in [3.63, 3.8) is 0 Å². The molecule has 1 N–H and O–H groups in total. The molecule has 2 heteroatoms. The predicted molar refractivity (Wildman–Crippen MR) is 53.8 cm³/mol. The summed E-state index contributed by atoms with van der Waals surface area (Å²) in [5.74, 6) is 0.895. The van der Waals surface area contributed by atoms with Crippen LogP contribution in [0.1, 0.15) is 39.5 Å². The largest absolute Gasteiger partial charge is 0.372 e. The Hall–Kier alpha value is -0.0800. The monoisotopic (exact) mass is 183 g/mol. The van der Waals surface area contributed by atoms with Crippen molar-refractivity contribution in [1.82, 2.24) is 5.32 Å². The molecule has 0 radical (unpaired) electrons. The number of hydrogen-bond acceptors (Lipinski definition) is 2. The standard InChI is InChI=1S/C11H21NO/c1-9-4-3-5-11(2,6-9)12-7-10-8-13-10/h9-10,12H,3-8H2,1-2H3. The van der Waals surface area contributed by atoms with Crippen LogP contribution in [0, 0.1) is 5.92 Å². The van der Waals surface area contributed by atoms with Crippen LogP contribution < -0.4 is 5.32 Å². The summed E-state index contributed by atoms with van der Waals surface area (Å²) in [6.45, 7) is 6.76. The lowest BCUT2D eigenvalue weighted by atomic mass is 9.77. The van der Waals surface area contributed by atoms with Gasteiger partial charge in [0.2, 0.25) is 0 Å². The van der Waals surface area contributed by atoms with E-state index in [2.05, 4.69) is 19.2 Å². The van der Waals surface area contributed by atoms with Gasteiger partial charge in [-0.25, -0.2) is 0 Å². The number of epoxide rings is 1. The fourth-order valence-electron chi connectivity index (χ4n) is 2.52. The first-order valence-corrected chi connectivity index (χ1v) is 5.55. The average molecular weight is 183 g/mol. The fraction of sp³-hybridized carbons (Fsp3) is 1.00. The van der Waals surface area contributed by atoms with Crippen LogP contribution in [0.3, 0.4) is 0 Å². The molecular weight excluding hydrogens is 162 g/mol. The first kappa shape index (κ1) is 9.47. The van der Waals surface area contributed by atoms with Crippen molar-refractivity contribution in [1.29, 1.82) is 0 Å². The number of hydrogen-bond donors (Lipinski definition) is 1. The van der Waals surface area contributed by atoms with E-state index in [1.54, 1.807) is 0 Å². The van der Waals surface area contributed by atoms with E-state index in [9.17, 15) is 0 Å². The second-order valence-electron chi connectivity index (χ2n) is 5.10. The van der Waals surface area contributed by atoms with Gasteiger partial charge < -0.3 is 10.1 Å². The summed E-state index contributed by atoms with van der Waals surface area (Å²) in [6, 6.07) is 0. The number of ether oxygens (including phenoxy) is 1. The van der Waals surface area contributed by atoms with Gasteiger partial charge in [0, 0.05) is 12.1 Å². The van der Waals surface area contributed by atoms with Crippen molar-refractivity contribution in [3.05, 3.63) is 0 Å². The molecule has 0 amide bonds. The van der Waals surface area contributed by atoms with Gasteiger partial charge in [0.25, 0.3) is 0 Å². The van der Waals surface area contributed by atoms with Gasteiger partial charge in [0.05, 0.1) is 12.7 Å². The normalized spacial score (nSPS) is 44.8. The highest BCUT2D eigenvalue weighted by Gasteiger charge is 2.32. The second-order valence-corrected chi connectivity index (χ2v) is 5.10. The van der Waals surface area contributed by atoms with Crippen LogP contribution in [-0.4, -0.2) is 24.8 Å². The van der Waals surface area contributed by atoms with Crippen molar-refractivity contribution >= 4 is 0 Å². The summed E-state index contributed by atoms with van der Waals surface area (Å²) in [7, 11) is 0. The third-order valence-corrected chi connectivity index (χ3v) is 3.38. The smallest absolute Gasteiger partial charge is 0.0934 e. The minimum atomic E-state index is 0.392. The highest BCUT2D eigenvalue weighted by Crippen LogP contribution is 2.31. The topological polar surface area (TPSA) is 24.6 Å². The number of rotatable bonds is 3. The summed E-state index contributed by atoms with van der Waals surface area (Å²) >= 11 is 0. The van der Waals surface area contributed by atoms with Gasteiger partial charge in [0.1, 0.15) is 0 Å². The molecule has 76 valence electrons. The molecule has 1 saturated heterocycles. The van der Waals surface area contributed by atoms with E-state index < -0.39 is 0 Å². The molecule has 1 saturated carbocycles. The van der Waals surface area contributed by atoms with Gasteiger partial charge in [-0.15, -0.1) is 0 Å². The van der Waals surface area contributed by atoms with Crippen LogP contribution in [0.5, 0.6) is 0 Å². The van der Waals surface area contributed by atoms with E-state index >= 15 is 0 Å². The molecule has 2 nitrogen and oxygen atoms in total. The summed E-state index contributed by atoms with van der Waals surface area (Å²) in [5.41, 5.74) is 0.392. The zero-order valence-electron chi connectivity index (χ0n) is 8.81. The van der Waals surface area contributed by atoms with Crippen molar-refractivity contribution in [2.45, 2.75) is 51.2 Å². The highest BCUT2D eigenvalue weighted by atomic mass is 16.6. The summed E-state index contributed by atoms with van der Waals surface area (Å²) in [6.07, 6.45) is 5.99. The van der Waals surface area contributed by atoms with Gasteiger partial charge in [-0.05, 0) is 25.7 Å². The van der Waals surface area contributed by atoms with Gasteiger partial charge in [-0.2, -0.15) is 0 Å². The first-order valence-electron chi connectivity index (χ1n) is 5.55. The van der Waals surface area contributed by atoms with Gasteiger partial charge >= 0.3 is 0 Å². The molecule has 2 fully saturated rings. The molecular formula is C11H21NO. The maximum Gasteiger partial charge on any atom is 0.0934 e. The molecule has 2 aliphatic rings. The molecule has 13 heavy (non-hydrogen) atoms. The molecule has 1 heterocycles. The Morgan fingerprint density at radius 2 is 2.31 bits per heavy atom. The third kappa shape index (κ3) is 2.68. The molecule has 1 aliphatic carbocycles. The zero-order chi connectivity index (χ0) is 9.31.